The van der Waals surface area contributed by atoms with E-state index in [1.165, 1.54) is 0 Å². The predicted molar refractivity (Wildman–Crippen MR) is 160 cm³/mol. The molecule has 4 aromatic rings. The lowest BCUT2D eigenvalue weighted by molar-refractivity contribution is -0.141. The smallest absolute Gasteiger partial charge is 0.247 e. The molecule has 6 nitrogen and oxygen atoms in total. The Balaban J connectivity index is 1.66. The Morgan fingerprint density at radius 1 is 0.947 bits per heavy atom. The molecule has 4 rings (SSSR count). The van der Waals surface area contributed by atoms with Crippen molar-refractivity contribution >= 4 is 54.6 Å². The molecule has 0 aliphatic carbocycles. The number of nitrogens with one attached hydrogen (secondary N) is 2. The van der Waals surface area contributed by atoms with E-state index in [0.717, 1.165) is 36.5 Å². The third kappa shape index (κ3) is 7.12. The second-order valence-corrected chi connectivity index (χ2v) is 11.3. The summed E-state index contributed by atoms with van der Waals surface area (Å²) in [6, 6.07) is 22.8. The van der Waals surface area contributed by atoms with Crippen LogP contribution in [-0.2, 0) is 22.6 Å². The molecule has 0 spiro atoms. The second-order valence-electron chi connectivity index (χ2n) is 9.52. The average molecular weight is 640 g/mol. The van der Waals surface area contributed by atoms with E-state index in [1.54, 1.807) is 4.90 Å². The van der Waals surface area contributed by atoms with E-state index < -0.39 is 6.04 Å². The van der Waals surface area contributed by atoms with Crippen LogP contribution in [0.5, 0.6) is 0 Å². The zero-order valence-corrected chi connectivity index (χ0v) is 24.8. The summed E-state index contributed by atoms with van der Waals surface area (Å²) < 4.78 is 1.79. The van der Waals surface area contributed by atoms with Gasteiger partial charge in [-0.1, -0.05) is 80.4 Å². The lowest BCUT2D eigenvalue weighted by atomic mass is 10.0. The molecule has 0 aliphatic rings. The Hall–Kier alpha value is -2.94. The summed E-state index contributed by atoms with van der Waals surface area (Å²) in [5.41, 5.74) is 3.90. The monoisotopic (exact) mass is 638 g/mol. The van der Waals surface area contributed by atoms with Gasteiger partial charge >= 0.3 is 0 Å². The largest absolute Gasteiger partial charge is 0.361 e. The highest BCUT2D eigenvalue weighted by atomic mass is 79.9. The molecule has 198 valence electrons. The van der Waals surface area contributed by atoms with Gasteiger partial charge < -0.3 is 20.1 Å². The Kier molecular flexibility index (Phi) is 9.77. The molecule has 1 unspecified atom stereocenters. The van der Waals surface area contributed by atoms with E-state index in [9.17, 15) is 9.59 Å². The second kappa shape index (κ2) is 13.2. The van der Waals surface area contributed by atoms with Crippen molar-refractivity contribution in [1.29, 1.82) is 0 Å². The molecule has 8 heteroatoms. The van der Waals surface area contributed by atoms with Gasteiger partial charge in [0.15, 0.2) is 0 Å². The predicted octanol–water partition coefficient (Wildman–Crippen LogP) is 6.07. The minimum atomic E-state index is -0.777. The molecular weight excluding hydrogens is 608 g/mol. The third-order valence-corrected chi connectivity index (χ3v) is 7.73. The molecule has 1 heterocycles. The maximum absolute atomic E-state index is 13.8. The van der Waals surface area contributed by atoms with Crippen molar-refractivity contribution in [2.24, 2.45) is 0 Å². The number of carbonyl (C=O) groups is 2. The van der Waals surface area contributed by atoms with Crippen LogP contribution in [0, 0.1) is 0 Å². The summed E-state index contributed by atoms with van der Waals surface area (Å²) in [5, 5.41) is 4.18. The summed E-state index contributed by atoms with van der Waals surface area (Å²) in [5.74, 6) is -0.268. The number of aromatic nitrogens is 1. The molecule has 0 bridgehead atoms. The van der Waals surface area contributed by atoms with E-state index in [-0.39, 0.29) is 11.8 Å². The first kappa shape index (κ1) is 28.1. The molecule has 3 aromatic carbocycles. The number of carbonyl (C=O) groups excluding carboxylic acids is 2. The maximum Gasteiger partial charge on any atom is 0.247 e. The number of rotatable bonds is 11. The fourth-order valence-corrected chi connectivity index (χ4v) is 5.35. The zero-order valence-electron chi connectivity index (χ0n) is 21.6. The summed E-state index contributed by atoms with van der Waals surface area (Å²) in [7, 11) is 3.89. The van der Waals surface area contributed by atoms with Gasteiger partial charge in [0.05, 0.1) is 0 Å². The van der Waals surface area contributed by atoms with Gasteiger partial charge in [0.25, 0.3) is 0 Å². The van der Waals surface area contributed by atoms with Gasteiger partial charge in [0.2, 0.25) is 11.8 Å². The van der Waals surface area contributed by atoms with Gasteiger partial charge in [-0.05, 0) is 61.5 Å². The van der Waals surface area contributed by atoms with Crippen molar-refractivity contribution in [1.82, 2.24) is 20.1 Å². The van der Waals surface area contributed by atoms with Crippen molar-refractivity contribution in [3.8, 4) is 0 Å². The van der Waals surface area contributed by atoms with E-state index in [1.807, 2.05) is 91.9 Å². The van der Waals surface area contributed by atoms with E-state index in [4.69, 9.17) is 0 Å². The van der Waals surface area contributed by atoms with Crippen LogP contribution >= 0.6 is 31.9 Å². The van der Waals surface area contributed by atoms with E-state index in [2.05, 4.69) is 48.2 Å². The van der Waals surface area contributed by atoms with Crippen LogP contribution < -0.4 is 5.32 Å². The number of benzene rings is 3. The normalized spacial score (nSPS) is 12.0. The van der Waals surface area contributed by atoms with Gasteiger partial charge in [0, 0.05) is 52.1 Å². The first-order valence-corrected chi connectivity index (χ1v) is 14.2. The van der Waals surface area contributed by atoms with E-state index in [0.29, 0.717) is 32.5 Å². The van der Waals surface area contributed by atoms with Crippen LogP contribution in [0.15, 0.2) is 87.9 Å². The molecule has 2 amide bonds. The minimum Gasteiger partial charge on any atom is -0.361 e. The van der Waals surface area contributed by atoms with Gasteiger partial charge in [-0.2, -0.15) is 0 Å². The fraction of sp³-hybridized carbons (Fsp3) is 0.267. The van der Waals surface area contributed by atoms with Crippen molar-refractivity contribution in [2.75, 3.05) is 27.2 Å². The van der Waals surface area contributed by atoms with Crippen molar-refractivity contribution in [3.05, 3.63) is 105 Å². The number of H-pyrrole nitrogens is 1. The van der Waals surface area contributed by atoms with Crippen LogP contribution in [0.2, 0.25) is 0 Å². The first-order chi connectivity index (χ1) is 18.3. The number of hydrogen-bond acceptors (Lipinski definition) is 3. The Labute approximate surface area is 240 Å². The number of hydrogen-bond donors (Lipinski definition) is 2. The number of aromatic amines is 1. The van der Waals surface area contributed by atoms with Gasteiger partial charge in [-0.15, -0.1) is 0 Å². The number of nitrogens with zero attached hydrogens (tertiary/aromatic N) is 2. The van der Waals surface area contributed by atoms with Gasteiger partial charge in [0.1, 0.15) is 6.04 Å². The van der Waals surface area contributed by atoms with Crippen molar-refractivity contribution in [3.63, 3.8) is 0 Å². The SMILES string of the molecule is CN(C)CCC(=O)N(CCc1c[nH]c2ccc(Br)cc12)C(C(=O)NCc1ccccc1)c1ccccc1Br. The Morgan fingerprint density at radius 3 is 2.42 bits per heavy atom. The van der Waals surface area contributed by atoms with Crippen LogP contribution in [-0.4, -0.2) is 53.8 Å². The quantitative estimate of drug-likeness (QED) is 0.209. The summed E-state index contributed by atoms with van der Waals surface area (Å²) in [4.78, 5) is 34.6. The summed E-state index contributed by atoms with van der Waals surface area (Å²) >= 11 is 7.20. The highest BCUT2D eigenvalue weighted by Gasteiger charge is 2.32. The molecule has 0 saturated carbocycles. The number of fused-ring (bicyclic) bond motifs is 1. The minimum absolute atomic E-state index is 0.0599. The fourth-order valence-electron chi connectivity index (χ4n) is 4.49. The van der Waals surface area contributed by atoms with Crippen molar-refractivity contribution < 1.29 is 9.59 Å². The lowest BCUT2D eigenvalue weighted by Gasteiger charge is -2.32. The summed E-state index contributed by atoms with van der Waals surface area (Å²) in [6.07, 6.45) is 2.92. The standard InChI is InChI=1S/C30H32Br2N4O2/c1-35(2)16-15-28(37)36(17-14-22-20-33-27-13-12-23(31)18-25(22)27)29(24-10-6-7-11-26(24)32)30(38)34-19-21-8-4-3-5-9-21/h3-13,18,20,29,33H,14-17,19H2,1-2H3,(H,34,38). The molecule has 0 saturated heterocycles. The van der Waals surface area contributed by atoms with Crippen LogP contribution in [0.3, 0.4) is 0 Å². The third-order valence-electron chi connectivity index (χ3n) is 6.51. The van der Waals surface area contributed by atoms with Gasteiger partial charge in [-0.3, -0.25) is 9.59 Å². The maximum atomic E-state index is 13.8. The highest BCUT2D eigenvalue weighted by molar-refractivity contribution is 9.10. The van der Waals surface area contributed by atoms with E-state index >= 15 is 0 Å². The molecule has 1 atom stereocenters. The Bertz CT molecular complexity index is 1390. The average Bonchev–Trinajstić information content (AvgIpc) is 3.31. The van der Waals surface area contributed by atoms with Crippen LogP contribution in [0.1, 0.15) is 29.2 Å². The number of halogens is 2. The molecule has 0 fully saturated rings. The first-order valence-electron chi connectivity index (χ1n) is 12.6. The molecular formula is C30H32Br2N4O2. The molecule has 2 N–H and O–H groups in total. The summed E-state index contributed by atoms with van der Waals surface area (Å²) in [6.45, 7) is 1.39. The highest BCUT2D eigenvalue weighted by Crippen LogP contribution is 2.30. The van der Waals surface area contributed by atoms with Crippen LogP contribution in [0.4, 0.5) is 0 Å². The molecule has 0 radical (unpaired) electrons. The Morgan fingerprint density at radius 2 is 1.68 bits per heavy atom. The van der Waals surface area contributed by atoms with Crippen molar-refractivity contribution in [2.45, 2.75) is 25.4 Å². The zero-order chi connectivity index (χ0) is 27.1. The lowest BCUT2D eigenvalue weighted by Crippen LogP contribution is -2.45. The van der Waals surface area contributed by atoms with Crippen LogP contribution in [0.25, 0.3) is 10.9 Å². The van der Waals surface area contributed by atoms with Gasteiger partial charge in [-0.25, -0.2) is 0 Å². The molecule has 0 aliphatic heterocycles. The number of amides is 2. The topological polar surface area (TPSA) is 68.4 Å². The molecule has 38 heavy (non-hydrogen) atoms. The molecule has 1 aromatic heterocycles.